The van der Waals surface area contributed by atoms with Gasteiger partial charge in [0.25, 0.3) is 5.91 Å². The van der Waals surface area contributed by atoms with Gasteiger partial charge in [-0.25, -0.2) is 13.1 Å². The number of amides is 2. The maximum Gasteiger partial charge on any atom is 0.255 e. The van der Waals surface area contributed by atoms with Crippen molar-refractivity contribution in [3.8, 4) is 5.75 Å². The number of carbonyl (C=O) groups is 2. The van der Waals surface area contributed by atoms with Gasteiger partial charge in [-0.15, -0.1) is 0 Å². The second-order valence-electron chi connectivity index (χ2n) is 7.85. The molecule has 0 atom stereocenters. The molecule has 1 aliphatic rings. The predicted octanol–water partition coefficient (Wildman–Crippen LogP) is 3.83. The Kier molecular flexibility index (Phi) is 7.52. The summed E-state index contributed by atoms with van der Waals surface area (Å²) in [5.74, 6) is -0.426. The number of nitrogens with one attached hydrogen (secondary N) is 3. The number of hydrogen-bond acceptors (Lipinski definition) is 5. The fraction of sp³-hybridized carbons (Fsp3) is 0.391. The third kappa shape index (κ3) is 5.66. The number of ether oxygens (including phenoxy) is 1. The Morgan fingerprint density at radius 1 is 1.06 bits per heavy atom. The van der Waals surface area contributed by atoms with Crippen LogP contribution in [0.5, 0.6) is 5.75 Å². The van der Waals surface area contributed by atoms with Crippen LogP contribution >= 0.6 is 0 Å². The zero-order chi connectivity index (χ0) is 23.3. The normalized spacial score (nSPS) is 14.2. The Morgan fingerprint density at radius 2 is 1.78 bits per heavy atom. The summed E-state index contributed by atoms with van der Waals surface area (Å²) < 4.78 is 33.9. The summed E-state index contributed by atoms with van der Waals surface area (Å²) in [6, 6.07) is 9.42. The summed E-state index contributed by atoms with van der Waals surface area (Å²) in [5, 5.41) is 5.56. The molecule has 0 heterocycles. The number of aryl methyl sites for hydroxylation is 1. The maximum absolute atomic E-state index is 13.0. The first-order chi connectivity index (χ1) is 15.2. The van der Waals surface area contributed by atoms with Crippen LogP contribution in [0.3, 0.4) is 0 Å². The van der Waals surface area contributed by atoms with E-state index in [1.54, 1.807) is 25.1 Å². The van der Waals surface area contributed by atoms with E-state index in [0.717, 1.165) is 31.2 Å². The number of anilines is 2. The van der Waals surface area contributed by atoms with E-state index in [1.807, 2.05) is 6.92 Å². The van der Waals surface area contributed by atoms with Gasteiger partial charge in [0.15, 0.2) is 0 Å². The molecule has 0 unspecified atom stereocenters. The third-order valence-electron chi connectivity index (χ3n) is 5.48. The van der Waals surface area contributed by atoms with E-state index in [0.29, 0.717) is 17.8 Å². The van der Waals surface area contributed by atoms with Gasteiger partial charge in [-0.1, -0.05) is 25.8 Å². The molecule has 0 radical (unpaired) electrons. The van der Waals surface area contributed by atoms with Gasteiger partial charge in [-0.2, -0.15) is 0 Å². The first-order valence-electron chi connectivity index (χ1n) is 10.7. The van der Waals surface area contributed by atoms with Gasteiger partial charge >= 0.3 is 0 Å². The van der Waals surface area contributed by atoms with Crippen LogP contribution in [-0.2, 0) is 14.8 Å². The quantitative estimate of drug-likeness (QED) is 0.555. The largest absolute Gasteiger partial charge is 0.495 e. The first kappa shape index (κ1) is 23.7. The highest BCUT2D eigenvalue weighted by Crippen LogP contribution is 2.28. The molecule has 2 aromatic carbocycles. The van der Waals surface area contributed by atoms with E-state index in [-0.39, 0.29) is 28.2 Å². The van der Waals surface area contributed by atoms with Crippen LogP contribution < -0.4 is 20.1 Å². The van der Waals surface area contributed by atoms with Crippen molar-refractivity contribution >= 4 is 33.2 Å². The molecule has 0 saturated heterocycles. The van der Waals surface area contributed by atoms with Gasteiger partial charge in [0, 0.05) is 29.4 Å². The molecule has 9 heteroatoms. The van der Waals surface area contributed by atoms with Crippen LogP contribution in [0, 0.1) is 6.92 Å². The van der Waals surface area contributed by atoms with E-state index in [1.165, 1.54) is 25.3 Å². The number of benzene rings is 2. The van der Waals surface area contributed by atoms with Gasteiger partial charge in [0.05, 0.1) is 7.11 Å². The Bertz CT molecular complexity index is 1110. The summed E-state index contributed by atoms with van der Waals surface area (Å²) in [4.78, 5) is 24.5. The lowest BCUT2D eigenvalue weighted by Crippen LogP contribution is -2.33. The van der Waals surface area contributed by atoms with Crippen molar-refractivity contribution in [2.45, 2.75) is 56.9 Å². The van der Waals surface area contributed by atoms with Crippen molar-refractivity contribution in [3.63, 3.8) is 0 Å². The molecule has 0 aliphatic heterocycles. The summed E-state index contributed by atoms with van der Waals surface area (Å²) in [5.41, 5.74) is 2.07. The fourth-order valence-electron chi connectivity index (χ4n) is 3.63. The van der Waals surface area contributed by atoms with Crippen LogP contribution in [-0.4, -0.2) is 33.4 Å². The number of sulfonamides is 1. The van der Waals surface area contributed by atoms with Gasteiger partial charge in [-0.05, 0) is 55.7 Å². The molecule has 3 rings (SSSR count). The minimum atomic E-state index is -3.85. The minimum absolute atomic E-state index is 0.0692. The smallest absolute Gasteiger partial charge is 0.255 e. The molecule has 2 amide bonds. The molecule has 8 nitrogen and oxygen atoms in total. The van der Waals surface area contributed by atoms with Crippen LogP contribution in [0.1, 0.15) is 54.9 Å². The van der Waals surface area contributed by atoms with Crippen molar-refractivity contribution in [3.05, 3.63) is 47.5 Å². The van der Waals surface area contributed by atoms with Gasteiger partial charge in [-0.3, -0.25) is 9.59 Å². The molecule has 172 valence electrons. The van der Waals surface area contributed by atoms with Gasteiger partial charge < -0.3 is 15.4 Å². The van der Waals surface area contributed by atoms with Crippen LogP contribution in [0.2, 0.25) is 0 Å². The molecule has 1 aliphatic carbocycles. The number of methoxy groups -OCH3 is 1. The summed E-state index contributed by atoms with van der Waals surface area (Å²) in [6.45, 7) is 3.58. The third-order valence-corrected chi connectivity index (χ3v) is 7.02. The van der Waals surface area contributed by atoms with Gasteiger partial charge in [0.1, 0.15) is 10.6 Å². The molecule has 1 saturated carbocycles. The molecule has 1 fully saturated rings. The van der Waals surface area contributed by atoms with Crippen LogP contribution in [0.4, 0.5) is 11.4 Å². The average Bonchev–Trinajstić information content (AvgIpc) is 3.27. The minimum Gasteiger partial charge on any atom is -0.495 e. The number of carbonyl (C=O) groups excluding carboxylic acids is 2. The molecule has 0 bridgehead atoms. The standard InChI is InChI=1S/C23H29N3O5S/c1-4-22(27)24-18-11-9-15(2)19(14-18)25-23(28)16-10-12-20(31-3)21(13-16)32(29,30)26-17-7-5-6-8-17/h9-14,17,26H,4-8H2,1-3H3,(H,24,27)(H,25,28). The maximum atomic E-state index is 13.0. The monoisotopic (exact) mass is 459 g/mol. The van der Waals surface area contributed by atoms with Gasteiger partial charge in [0.2, 0.25) is 15.9 Å². The lowest BCUT2D eigenvalue weighted by molar-refractivity contribution is -0.115. The topological polar surface area (TPSA) is 114 Å². The van der Waals surface area contributed by atoms with E-state index in [4.69, 9.17) is 4.74 Å². The highest BCUT2D eigenvalue weighted by atomic mass is 32.2. The molecule has 0 aromatic heterocycles. The molecule has 2 aromatic rings. The SMILES string of the molecule is CCC(=O)Nc1ccc(C)c(NC(=O)c2ccc(OC)c(S(=O)(=O)NC3CCCC3)c2)c1. The average molecular weight is 460 g/mol. The van der Waals surface area contributed by atoms with Crippen molar-refractivity contribution in [1.82, 2.24) is 4.72 Å². The van der Waals surface area contributed by atoms with Crippen molar-refractivity contribution < 1.29 is 22.7 Å². The van der Waals surface area contributed by atoms with E-state index < -0.39 is 15.9 Å². The molecular weight excluding hydrogens is 430 g/mol. The molecule has 0 spiro atoms. The van der Waals surface area contributed by atoms with Crippen LogP contribution in [0.15, 0.2) is 41.3 Å². The number of hydrogen-bond donors (Lipinski definition) is 3. The fourth-order valence-corrected chi connectivity index (χ4v) is 5.13. The van der Waals surface area contributed by atoms with Crippen molar-refractivity contribution in [1.29, 1.82) is 0 Å². The summed E-state index contributed by atoms with van der Waals surface area (Å²) in [6.07, 6.45) is 3.92. The molecule has 32 heavy (non-hydrogen) atoms. The zero-order valence-electron chi connectivity index (χ0n) is 18.5. The Labute approximate surface area is 188 Å². The lowest BCUT2D eigenvalue weighted by atomic mass is 10.1. The second-order valence-corrected chi connectivity index (χ2v) is 9.54. The highest BCUT2D eigenvalue weighted by molar-refractivity contribution is 7.89. The molecular formula is C23H29N3O5S. The lowest BCUT2D eigenvalue weighted by Gasteiger charge is -2.16. The second kappa shape index (κ2) is 10.1. The summed E-state index contributed by atoms with van der Waals surface area (Å²) >= 11 is 0. The Morgan fingerprint density at radius 3 is 2.44 bits per heavy atom. The predicted molar refractivity (Wildman–Crippen MR) is 124 cm³/mol. The van der Waals surface area contributed by atoms with E-state index in [2.05, 4.69) is 15.4 Å². The number of rotatable bonds is 8. The van der Waals surface area contributed by atoms with E-state index in [9.17, 15) is 18.0 Å². The van der Waals surface area contributed by atoms with Crippen LogP contribution in [0.25, 0.3) is 0 Å². The van der Waals surface area contributed by atoms with E-state index >= 15 is 0 Å². The first-order valence-corrected chi connectivity index (χ1v) is 12.1. The molecule has 3 N–H and O–H groups in total. The summed E-state index contributed by atoms with van der Waals surface area (Å²) in [7, 11) is -2.46. The Hall–Kier alpha value is -2.91. The van der Waals surface area contributed by atoms with Crippen molar-refractivity contribution in [2.24, 2.45) is 0 Å². The zero-order valence-corrected chi connectivity index (χ0v) is 19.3. The Balaban J connectivity index is 1.85. The van der Waals surface area contributed by atoms with Crippen molar-refractivity contribution in [2.75, 3.05) is 17.7 Å². The highest BCUT2D eigenvalue weighted by Gasteiger charge is 2.26.